The number of phenols is 1. The molecule has 0 aliphatic carbocycles. The molecular weight excluding hydrogens is 449 g/mol. The van der Waals surface area contributed by atoms with E-state index in [2.05, 4.69) is 15.6 Å². The predicted octanol–water partition coefficient (Wildman–Crippen LogP) is 4.52. The maximum absolute atomic E-state index is 13.5. The molecule has 1 atom stereocenters. The third-order valence-corrected chi connectivity index (χ3v) is 4.87. The smallest absolute Gasteiger partial charge is 0.401 e. The first-order chi connectivity index (χ1) is 16.2. The fraction of sp³-hybridized carbons (Fsp3) is 0.250. The molecule has 0 radical (unpaired) electrons. The Morgan fingerprint density at radius 3 is 2.35 bits per heavy atom. The number of rotatable bonds is 5. The molecule has 34 heavy (non-hydrogen) atoms. The quantitative estimate of drug-likeness (QED) is 0.506. The van der Waals surface area contributed by atoms with Gasteiger partial charge in [-0.2, -0.15) is 13.2 Å². The van der Waals surface area contributed by atoms with Crippen molar-refractivity contribution in [3.05, 3.63) is 70.5 Å². The number of halogens is 3. The second-order valence-electron chi connectivity index (χ2n) is 7.07. The lowest BCUT2D eigenvalue weighted by Crippen LogP contribution is -2.43. The van der Waals surface area contributed by atoms with Crippen LogP contribution in [0.1, 0.15) is 19.4 Å². The van der Waals surface area contributed by atoms with Crippen LogP contribution in [0, 0.1) is 0 Å². The lowest BCUT2D eigenvalue weighted by atomic mass is 10.0. The molecule has 1 unspecified atom stereocenters. The highest BCUT2D eigenvalue weighted by Crippen LogP contribution is 2.28. The Labute approximate surface area is 194 Å². The number of fused-ring (bicyclic) bond motifs is 1. The molecule has 3 aromatic rings. The third-order valence-electron chi connectivity index (χ3n) is 4.87. The van der Waals surface area contributed by atoms with Gasteiger partial charge in [-0.25, -0.2) is 0 Å². The SMILES string of the molecule is CC.COc1ccc(-c2cc3c(n(-c4ccc(O)cc4)c2=O)NC(NCC(F)(F)F)N=C3)cc1. The summed E-state index contributed by atoms with van der Waals surface area (Å²) in [6.45, 7) is 2.75. The molecule has 7 nitrogen and oxygen atoms in total. The van der Waals surface area contributed by atoms with E-state index in [0.717, 1.165) is 0 Å². The molecule has 1 aliphatic rings. The van der Waals surface area contributed by atoms with E-state index in [4.69, 9.17) is 4.74 Å². The van der Waals surface area contributed by atoms with Crippen LogP contribution in [0.3, 0.4) is 0 Å². The first kappa shape index (κ1) is 24.8. The van der Waals surface area contributed by atoms with Crippen molar-refractivity contribution in [2.45, 2.75) is 26.3 Å². The Balaban J connectivity index is 0.00000158. The Hall–Kier alpha value is -3.79. The van der Waals surface area contributed by atoms with Gasteiger partial charge in [-0.15, -0.1) is 0 Å². The van der Waals surface area contributed by atoms with Crippen LogP contribution in [0.5, 0.6) is 11.5 Å². The number of anilines is 1. The van der Waals surface area contributed by atoms with Gasteiger partial charge < -0.3 is 15.2 Å². The van der Waals surface area contributed by atoms with Crippen molar-refractivity contribution in [1.82, 2.24) is 9.88 Å². The van der Waals surface area contributed by atoms with E-state index in [9.17, 15) is 23.1 Å². The Morgan fingerprint density at radius 2 is 1.76 bits per heavy atom. The first-order valence-electron chi connectivity index (χ1n) is 10.6. The Morgan fingerprint density at radius 1 is 1.12 bits per heavy atom. The number of pyridine rings is 1. The molecule has 0 fully saturated rings. The van der Waals surface area contributed by atoms with Crippen LogP contribution in [-0.4, -0.2) is 42.0 Å². The van der Waals surface area contributed by atoms with Crippen molar-refractivity contribution < 1.29 is 23.0 Å². The van der Waals surface area contributed by atoms with Crippen LogP contribution in [0.15, 0.2) is 64.4 Å². The second kappa shape index (κ2) is 10.4. The molecule has 0 amide bonds. The maximum Gasteiger partial charge on any atom is 0.401 e. The molecule has 2 aromatic carbocycles. The number of methoxy groups -OCH3 is 1. The number of benzene rings is 2. The zero-order valence-corrected chi connectivity index (χ0v) is 18.8. The summed E-state index contributed by atoms with van der Waals surface area (Å²) in [6, 6.07) is 14.5. The minimum Gasteiger partial charge on any atom is -0.508 e. The summed E-state index contributed by atoms with van der Waals surface area (Å²) >= 11 is 0. The monoisotopic (exact) mass is 474 g/mol. The highest BCUT2D eigenvalue weighted by molar-refractivity contribution is 5.91. The van der Waals surface area contributed by atoms with Crippen LogP contribution in [0.4, 0.5) is 19.0 Å². The maximum atomic E-state index is 13.5. The van der Waals surface area contributed by atoms with Gasteiger partial charge in [0.15, 0.2) is 6.29 Å². The van der Waals surface area contributed by atoms with E-state index < -0.39 is 24.6 Å². The molecule has 4 rings (SSSR count). The first-order valence-corrected chi connectivity index (χ1v) is 10.6. The summed E-state index contributed by atoms with van der Waals surface area (Å²) in [5.41, 5.74) is 1.56. The number of aromatic nitrogens is 1. The molecule has 0 spiro atoms. The summed E-state index contributed by atoms with van der Waals surface area (Å²) in [4.78, 5) is 17.6. The number of ether oxygens (including phenoxy) is 1. The molecule has 3 N–H and O–H groups in total. The zero-order valence-electron chi connectivity index (χ0n) is 18.8. The van der Waals surface area contributed by atoms with Gasteiger partial charge in [0, 0.05) is 17.3 Å². The number of nitrogens with one attached hydrogen (secondary N) is 2. The fourth-order valence-corrected chi connectivity index (χ4v) is 3.35. The second-order valence-corrected chi connectivity index (χ2v) is 7.07. The lowest BCUT2D eigenvalue weighted by molar-refractivity contribution is -0.125. The lowest BCUT2D eigenvalue weighted by Gasteiger charge is -2.26. The van der Waals surface area contributed by atoms with Crippen molar-refractivity contribution in [2.75, 3.05) is 19.0 Å². The van der Waals surface area contributed by atoms with Gasteiger partial charge >= 0.3 is 6.18 Å². The van der Waals surface area contributed by atoms with E-state index in [1.54, 1.807) is 42.5 Å². The van der Waals surface area contributed by atoms with Gasteiger partial charge in [0.1, 0.15) is 17.3 Å². The van der Waals surface area contributed by atoms with Gasteiger partial charge in [-0.3, -0.25) is 19.7 Å². The number of alkyl halides is 3. The number of aromatic hydroxyl groups is 1. The molecule has 180 valence electrons. The van der Waals surface area contributed by atoms with E-state index in [-0.39, 0.29) is 11.6 Å². The normalized spacial score (nSPS) is 14.5. The average Bonchev–Trinajstić information content (AvgIpc) is 2.84. The van der Waals surface area contributed by atoms with Crippen molar-refractivity contribution >= 4 is 12.0 Å². The number of aliphatic imine (C=N–C) groups is 1. The Kier molecular flexibility index (Phi) is 7.62. The van der Waals surface area contributed by atoms with Gasteiger partial charge in [-0.05, 0) is 48.0 Å². The number of phenolic OH excluding ortho intramolecular Hbond substituents is 1. The number of nitrogens with zero attached hydrogens (tertiary/aromatic N) is 2. The molecule has 2 heterocycles. The van der Waals surface area contributed by atoms with E-state index in [1.165, 1.54) is 30.0 Å². The van der Waals surface area contributed by atoms with E-state index >= 15 is 0 Å². The molecule has 1 aromatic heterocycles. The van der Waals surface area contributed by atoms with E-state index in [0.29, 0.717) is 28.1 Å². The fourth-order valence-electron chi connectivity index (χ4n) is 3.35. The molecule has 0 saturated carbocycles. The summed E-state index contributed by atoms with van der Waals surface area (Å²) in [6.07, 6.45) is -4.06. The minimum atomic E-state index is -4.41. The standard InChI is InChI=1S/C22H19F3N4O3.C2H6/c1-32-17-8-2-13(3-9-17)18-10-14-11-26-21(27-12-22(23,24)25)28-19(14)29(20(18)31)15-4-6-16(30)7-5-15;1-2/h2-11,21,27-28,30H,12H2,1H3;1-2H3. The molecule has 0 saturated heterocycles. The van der Waals surface area contributed by atoms with Gasteiger partial charge in [0.2, 0.25) is 0 Å². The summed E-state index contributed by atoms with van der Waals surface area (Å²) in [5, 5.41) is 14.8. The Bertz CT molecular complexity index is 1200. The molecule has 10 heteroatoms. The molecule has 1 aliphatic heterocycles. The van der Waals surface area contributed by atoms with Crippen LogP contribution in [-0.2, 0) is 0 Å². The van der Waals surface area contributed by atoms with Gasteiger partial charge in [0.05, 0.1) is 19.3 Å². The van der Waals surface area contributed by atoms with Crippen molar-refractivity contribution in [3.63, 3.8) is 0 Å². The van der Waals surface area contributed by atoms with Gasteiger partial charge in [-0.1, -0.05) is 26.0 Å². The highest BCUT2D eigenvalue weighted by Gasteiger charge is 2.29. The summed E-state index contributed by atoms with van der Waals surface area (Å²) < 4.78 is 44.4. The van der Waals surface area contributed by atoms with Gasteiger partial charge in [0.25, 0.3) is 5.56 Å². The zero-order chi connectivity index (χ0) is 24.9. The largest absolute Gasteiger partial charge is 0.508 e. The average molecular weight is 474 g/mol. The van der Waals surface area contributed by atoms with Crippen LogP contribution in [0.2, 0.25) is 0 Å². The number of hydrogen-bond donors (Lipinski definition) is 3. The van der Waals surface area contributed by atoms with E-state index in [1.807, 2.05) is 13.8 Å². The topological polar surface area (TPSA) is 87.9 Å². The number of hydrogen-bond acceptors (Lipinski definition) is 6. The predicted molar refractivity (Wildman–Crippen MR) is 126 cm³/mol. The third kappa shape index (κ3) is 5.57. The van der Waals surface area contributed by atoms with Crippen LogP contribution < -0.4 is 20.9 Å². The van der Waals surface area contributed by atoms with Crippen molar-refractivity contribution in [3.8, 4) is 28.3 Å². The minimum absolute atomic E-state index is 0.0150. The summed E-state index contributed by atoms with van der Waals surface area (Å²) in [7, 11) is 1.54. The van der Waals surface area contributed by atoms with Crippen LogP contribution in [0.25, 0.3) is 16.8 Å². The molecule has 0 bridgehead atoms. The molecular formula is C24H25F3N4O3. The van der Waals surface area contributed by atoms with Crippen LogP contribution >= 0.6 is 0 Å². The highest BCUT2D eigenvalue weighted by atomic mass is 19.4. The summed E-state index contributed by atoms with van der Waals surface area (Å²) in [5.74, 6) is 0.932. The van der Waals surface area contributed by atoms with Crippen molar-refractivity contribution in [2.24, 2.45) is 4.99 Å². The van der Waals surface area contributed by atoms with Crippen molar-refractivity contribution in [1.29, 1.82) is 0 Å².